The zero-order valence-electron chi connectivity index (χ0n) is 10.6. The maximum Gasteiger partial charge on any atom is 0.333 e. The van der Waals surface area contributed by atoms with Gasteiger partial charge in [-0.05, 0) is 17.7 Å². The molecule has 1 aromatic rings. The number of nitrogens with zero attached hydrogens (tertiary/aromatic N) is 1. The highest BCUT2D eigenvalue weighted by Gasteiger charge is 2.28. The van der Waals surface area contributed by atoms with Crippen molar-refractivity contribution in [1.82, 2.24) is 4.90 Å². The molecule has 0 aliphatic rings. The van der Waals surface area contributed by atoms with E-state index in [0.717, 1.165) is 10.0 Å². The molecule has 0 N–H and O–H groups in total. The summed E-state index contributed by atoms with van der Waals surface area (Å²) < 4.78 is 5.68. The number of ether oxygens (including phenoxy) is 1. The zero-order chi connectivity index (χ0) is 13.7. The summed E-state index contributed by atoms with van der Waals surface area (Å²) in [6.07, 6.45) is 0.348. The second kappa shape index (κ2) is 6.54. The van der Waals surface area contributed by atoms with Gasteiger partial charge in [0.05, 0.1) is 7.11 Å². The molecule has 98 valence electrons. The number of carbonyl (C=O) groups excluding carboxylic acids is 2. The number of hydrogen-bond donors (Lipinski definition) is 0. The number of hydrogen-bond acceptors (Lipinski definition) is 3. The third-order valence-corrected chi connectivity index (χ3v) is 3.22. The molecular formula is C13H16BrNO3. The first-order chi connectivity index (χ1) is 8.51. The molecule has 0 unspecified atom stereocenters. The molecule has 0 aliphatic carbocycles. The van der Waals surface area contributed by atoms with E-state index >= 15 is 0 Å². The summed E-state index contributed by atoms with van der Waals surface area (Å²) in [6, 6.07) is 6.55. The number of amides is 1. The van der Waals surface area contributed by atoms with Crippen molar-refractivity contribution in [2.45, 2.75) is 19.4 Å². The van der Waals surface area contributed by atoms with Gasteiger partial charge in [0, 0.05) is 17.9 Å². The second-order valence-electron chi connectivity index (χ2n) is 3.84. The van der Waals surface area contributed by atoms with Crippen molar-refractivity contribution in [2.75, 3.05) is 14.2 Å². The van der Waals surface area contributed by atoms with Crippen LogP contribution in [-0.4, -0.2) is 30.9 Å². The monoisotopic (exact) mass is 313 g/mol. The van der Waals surface area contributed by atoms with Crippen molar-refractivity contribution in [3.63, 3.8) is 0 Å². The van der Waals surface area contributed by atoms with E-state index in [4.69, 9.17) is 4.74 Å². The maximum absolute atomic E-state index is 11.8. The van der Waals surface area contributed by atoms with Gasteiger partial charge in [0.15, 0.2) is 6.04 Å². The Hall–Kier alpha value is -1.36. The number of esters is 1. The molecule has 5 heteroatoms. The van der Waals surface area contributed by atoms with Gasteiger partial charge in [-0.3, -0.25) is 4.79 Å². The number of likely N-dealkylation sites (N-methyl/N-ethyl adjacent to an activating group) is 1. The molecule has 1 amide bonds. The Morgan fingerprint density at radius 3 is 2.33 bits per heavy atom. The van der Waals surface area contributed by atoms with Gasteiger partial charge in [0.2, 0.25) is 5.91 Å². The summed E-state index contributed by atoms with van der Waals surface area (Å²) in [5.41, 5.74) is 0.731. The normalized spacial score (nSPS) is 11.8. The van der Waals surface area contributed by atoms with Crippen LogP contribution in [0.5, 0.6) is 0 Å². The van der Waals surface area contributed by atoms with Crippen LogP contribution >= 0.6 is 15.9 Å². The molecule has 0 radical (unpaired) electrons. The SMILES string of the molecule is CCC(=O)N(C)[C@@H](C(=O)OC)c1ccc(Br)cc1. The van der Waals surface area contributed by atoms with Gasteiger partial charge in [-0.1, -0.05) is 35.0 Å². The van der Waals surface area contributed by atoms with Crippen LogP contribution in [0.25, 0.3) is 0 Å². The average molecular weight is 314 g/mol. The first-order valence-electron chi connectivity index (χ1n) is 5.60. The summed E-state index contributed by atoms with van der Waals surface area (Å²) in [5.74, 6) is -0.546. The molecular weight excluding hydrogens is 298 g/mol. The van der Waals surface area contributed by atoms with E-state index in [1.165, 1.54) is 12.0 Å². The minimum absolute atomic E-state index is 0.103. The van der Waals surface area contributed by atoms with Crippen LogP contribution in [0, 0.1) is 0 Å². The topological polar surface area (TPSA) is 46.6 Å². The summed E-state index contributed by atoms with van der Waals surface area (Å²) in [6.45, 7) is 1.76. The van der Waals surface area contributed by atoms with E-state index in [0.29, 0.717) is 6.42 Å². The fraction of sp³-hybridized carbons (Fsp3) is 0.385. The number of carbonyl (C=O) groups is 2. The number of methoxy groups -OCH3 is 1. The first-order valence-corrected chi connectivity index (χ1v) is 6.39. The van der Waals surface area contributed by atoms with Gasteiger partial charge in [0.1, 0.15) is 0 Å². The van der Waals surface area contributed by atoms with Crippen LogP contribution in [0.1, 0.15) is 24.9 Å². The molecule has 4 nitrogen and oxygen atoms in total. The first kappa shape index (κ1) is 14.7. The molecule has 1 aromatic carbocycles. The Morgan fingerprint density at radius 2 is 1.89 bits per heavy atom. The van der Waals surface area contributed by atoms with Crippen LogP contribution in [-0.2, 0) is 14.3 Å². The molecule has 0 saturated carbocycles. The molecule has 0 saturated heterocycles. The second-order valence-corrected chi connectivity index (χ2v) is 4.75. The smallest absolute Gasteiger partial charge is 0.333 e. The number of rotatable bonds is 4. The average Bonchev–Trinajstić information content (AvgIpc) is 2.39. The van der Waals surface area contributed by atoms with E-state index in [-0.39, 0.29) is 5.91 Å². The summed E-state index contributed by atoms with van der Waals surface area (Å²) >= 11 is 3.33. The van der Waals surface area contributed by atoms with Crippen LogP contribution < -0.4 is 0 Å². The fourth-order valence-corrected chi connectivity index (χ4v) is 1.93. The third kappa shape index (κ3) is 3.32. The summed E-state index contributed by atoms with van der Waals surface area (Å²) in [4.78, 5) is 25.0. The lowest BCUT2D eigenvalue weighted by molar-refractivity contribution is -0.152. The van der Waals surface area contributed by atoms with Gasteiger partial charge in [-0.15, -0.1) is 0 Å². The van der Waals surface area contributed by atoms with Gasteiger partial charge in [0.25, 0.3) is 0 Å². The third-order valence-electron chi connectivity index (χ3n) is 2.69. The number of benzene rings is 1. The predicted octanol–water partition coefficient (Wildman–Crippen LogP) is 2.53. The molecule has 0 aliphatic heterocycles. The zero-order valence-corrected chi connectivity index (χ0v) is 12.2. The molecule has 0 aromatic heterocycles. The lowest BCUT2D eigenvalue weighted by atomic mass is 10.1. The van der Waals surface area contributed by atoms with Gasteiger partial charge in [-0.2, -0.15) is 0 Å². The Kier molecular flexibility index (Phi) is 5.34. The summed E-state index contributed by atoms with van der Waals surface area (Å²) in [5, 5.41) is 0. The Morgan fingerprint density at radius 1 is 1.33 bits per heavy atom. The van der Waals surface area contributed by atoms with E-state index in [2.05, 4.69) is 15.9 Å². The standard InChI is InChI=1S/C13H16BrNO3/c1-4-11(16)15(2)12(13(17)18-3)9-5-7-10(14)8-6-9/h5-8,12H,4H2,1-3H3/t12-/m1/s1. The van der Waals surface area contributed by atoms with Crippen molar-refractivity contribution in [2.24, 2.45) is 0 Å². The quantitative estimate of drug-likeness (QED) is 0.802. The van der Waals surface area contributed by atoms with Crippen molar-refractivity contribution < 1.29 is 14.3 Å². The van der Waals surface area contributed by atoms with E-state index < -0.39 is 12.0 Å². The maximum atomic E-state index is 11.8. The molecule has 0 fully saturated rings. The molecule has 18 heavy (non-hydrogen) atoms. The van der Waals surface area contributed by atoms with Crippen molar-refractivity contribution >= 4 is 27.8 Å². The molecule has 1 rings (SSSR count). The van der Waals surface area contributed by atoms with Crippen LogP contribution in [0.15, 0.2) is 28.7 Å². The van der Waals surface area contributed by atoms with Crippen LogP contribution in [0.2, 0.25) is 0 Å². The minimum Gasteiger partial charge on any atom is -0.467 e. The van der Waals surface area contributed by atoms with Crippen molar-refractivity contribution in [3.8, 4) is 0 Å². The van der Waals surface area contributed by atoms with Crippen molar-refractivity contribution in [1.29, 1.82) is 0 Å². The van der Waals surface area contributed by atoms with E-state index in [1.807, 2.05) is 12.1 Å². The lowest BCUT2D eigenvalue weighted by Gasteiger charge is -2.26. The minimum atomic E-state index is -0.699. The van der Waals surface area contributed by atoms with E-state index in [9.17, 15) is 9.59 Å². The molecule has 0 heterocycles. The number of halogens is 1. The van der Waals surface area contributed by atoms with Crippen LogP contribution in [0.4, 0.5) is 0 Å². The highest BCUT2D eigenvalue weighted by molar-refractivity contribution is 9.10. The van der Waals surface area contributed by atoms with Gasteiger partial charge < -0.3 is 9.64 Å². The van der Waals surface area contributed by atoms with Crippen molar-refractivity contribution in [3.05, 3.63) is 34.3 Å². The fourth-order valence-electron chi connectivity index (χ4n) is 1.67. The predicted molar refractivity (Wildman–Crippen MR) is 72.0 cm³/mol. The van der Waals surface area contributed by atoms with Gasteiger partial charge >= 0.3 is 5.97 Å². The molecule has 0 spiro atoms. The highest BCUT2D eigenvalue weighted by atomic mass is 79.9. The largest absolute Gasteiger partial charge is 0.467 e. The van der Waals surface area contributed by atoms with Crippen LogP contribution in [0.3, 0.4) is 0 Å². The molecule has 1 atom stereocenters. The Balaban J connectivity index is 3.09. The highest BCUT2D eigenvalue weighted by Crippen LogP contribution is 2.23. The lowest BCUT2D eigenvalue weighted by Crippen LogP contribution is -2.36. The Bertz CT molecular complexity index is 430. The van der Waals surface area contributed by atoms with Gasteiger partial charge in [-0.25, -0.2) is 4.79 Å². The molecule has 0 bridgehead atoms. The summed E-state index contributed by atoms with van der Waals surface area (Å²) in [7, 11) is 2.92. The van der Waals surface area contributed by atoms with E-state index in [1.54, 1.807) is 26.1 Å². The Labute approximate surface area is 115 Å².